The summed E-state index contributed by atoms with van der Waals surface area (Å²) >= 11 is 0. The molecule has 2 aromatic carbocycles. The molecule has 3 aromatic rings. The summed E-state index contributed by atoms with van der Waals surface area (Å²) < 4.78 is 27.2. The second-order valence-electron chi connectivity index (χ2n) is 5.48. The van der Waals surface area contributed by atoms with Gasteiger partial charge in [-0.05, 0) is 30.2 Å². The third-order valence-corrected chi connectivity index (χ3v) is 3.71. The molecule has 0 unspecified atom stereocenters. The fourth-order valence-electron chi connectivity index (χ4n) is 2.38. The maximum absolute atomic E-state index is 13.6. The van der Waals surface area contributed by atoms with Gasteiger partial charge in [-0.15, -0.1) is 0 Å². The zero-order valence-corrected chi connectivity index (χ0v) is 13.5. The van der Waals surface area contributed by atoms with Crippen LogP contribution in [0.4, 0.5) is 20.5 Å². The van der Waals surface area contributed by atoms with Crippen LogP contribution in [0.5, 0.6) is 0 Å². The Hall–Kier alpha value is -3.02. The zero-order chi connectivity index (χ0) is 17.5. The molecule has 0 spiro atoms. The molecule has 0 amide bonds. The third-order valence-electron chi connectivity index (χ3n) is 3.71. The molecule has 0 saturated heterocycles. The van der Waals surface area contributed by atoms with E-state index < -0.39 is 0 Å². The van der Waals surface area contributed by atoms with Crippen molar-refractivity contribution in [2.45, 2.75) is 13.0 Å². The zero-order valence-electron chi connectivity index (χ0n) is 13.5. The van der Waals surface area contributed by atoms with E-state index in [1.165, 1.54) is 12.1 Å². The summed E-state index contributed by atoms with van der Waals surface area (Å²) in [6, 6.07) is 15.0. The van der Waals surface area contributed by atoms with Crippen LogP contribution in [0.1, 0.15) is 11.1 Å². The van der Waals surface area contributed by atoms with Gasteiger partial charge in [0.15, 0.2) is 0 Å². The van der Waals surface area contributed by atoms with Gasteiger partial charge in [-0.25, -0.2) is 13.8 Å². The minimum atomic E-state index is -0.269. The number of anilines is 2. The topological polar surface area (TPSA) is 49.8 Å². The van der Waals surface area contributed by atoms with E-state index in [9.17, 15) is 8.78 Å². The van der Waals surface area contributed by atoms with E-state index in [4.69, 9.17) is 0 Å². The normalized spacial score (nSPS) is 10.5. The fraction of sp³-hybridized carbons (Fsp3) is 0.158. The molecule has 3 rings (SSSR count). The quantitative estimate of drug-likeness (QED) is 0.682. The third kappa shape index (κ3) is 4.73. The van der Waals surface area contributed by atoms with E-state index >= 15 is 0 Å². The first-order valence-corrected chi connectivity index (χ1v) is 8.00. The van der Waals surface area contributed by atoms with Crippen molar-refractivity contribution in [1.29, 1.82) is 0 Å². The minimum absolute atomic E-state index is 0.209. The summed E-state index contributed by atoms with van der Waals surface area (Å²) in [6.45, 7) is 0.843. The second kappa shape index (κ2) is 8.19. The largest absolute Gasteiger partial charge is 0.370 e. The number of nitrogens with one attached hydrogen (secondary N) is 2. The van der Waals surface area contributed by atoms with E-state index in [1.807, 2.05) is 6.07 Å². The summed E-state index contributed by atoms with van der Waals surface area (Å²) in [5.74, 6) is 0.551. The van der Waals surface area contributed by atoms with Crippen LogP contribution < -0.4 is 10.6 Å². The Morgan fingerprint density at radius 2 is 1.48 bits per heavy atom. The maximum atomic E-state index is 13.6. The predicted octanol–water partition coefficient (Wildman–Crippen LogP) is 4.02. The van der Waals surface area contributed by atoms with Crippen LogP contribution >= 0.6 is 0 Å². The minimum Gasteiger partial charge on any atom is -0.370 e. The van der Waals surface area contributed by atoms with E-state index in [0.717, 1.165) is 0 Å². The molecule has 6 heteroatoms. The lowest BCUT2D eigenvalue weighted by atomic mass is 10.1. The average molecular weight is 340 g/mol. The summed E-state index contributed by atoms with van der Waals surface area (Å²) in [7, 11) is 0. The summed E-state index contributed by atoms with van der Waals surface area (Å²) in [4.78, 5) is 8.44. The number of hydrogen-bond acceptors (Lipinski definition) is 4. The molecule has 0 bridgehead atoms. The molecule has 128 valence electrons. The van der Waals surface area contributed by atoms with Gasteiger partial charge < -0.3 is 10.6 Å². The Morgan fingerprint density at radius 1 is 0.800 bits per heavy atom. The van der Waals surface area contributed by atoms with Crippen molar-refractivity contribution in [3.63, 3.8) is 0 Å². The van der Waals surface area contributed by atoms with Crippen LogP contribution in [-0.4, -0.2) is 16.5 Å². The standard InChI is InChI=1S/C19H18F2N4/c20-16-7-3-1-5-14(16)9-11-22-18-10-12-23-19(25-18)24-13-15-6-2-4-8-17(15)21/h1-8,10,12H,9,11,13H2,(H2,22,23,24,25). The van der Waals surface area contributed by atoms with Crippen LogP contribution in [0.2, 0.25) is 0 Å². The first-order chi connectivity index (χ1) is 12.2. The lowest BCUT2D eigenvalue weighted by Gasteiger charge is -2.09. The highest BCUT2D eigenvalue weighted by atomic mass is 19.1. The molecule has 0 radical (unpaired) electrons. The predicted molar refractivity (Wildman–Crippen MR) is 94.4 cm³/mol. The Kier molecular flexibility index (Phi) is 5.51. The molecule has 0 atom stereocenters. The molecule has 25 heavy (non-hydrogen) atoms. The molecule has 1 aromatic heterocycles. The maximum Gasteiger partial charge on any atom is 0.224 e. The summed E-state index contributed by atoms with van der Waals surface area (Å²) in [6.07, 6.45) is 2.16. The Balaban J connectivity index is 1.54. The second-order valence-corrected chi connectivity index (χ2v) is 5.48. The molecule has 2 N–H and O–H groups in total. The van der Waals surface area contributed by atoms with Crippen molar-refractivity contribution < 1.29 is 8.78 Å². The van der Waals surface area contributed by atoms with Crippen LogP contribution in [0, 0.1) is 11.6 Å². The lowest BCUT2D eigenvalue weighted by Crippen LogP contribution is -2.10. The Bertz CT molecular complexity index is 839. The van der Waals surface area contributed by atoms with Gasteiger partial charge in [-0.2, -0.15) is 4.98 Å². The molecular formula is C19H18F2N4. The van der Waals surface area contributed by atoms with Gasteiger partial charge >= 0.3 is 0 Å². The van der Waals surface area contributed by atoms with Gasteiger partial charge in [-0.3, -0.25) is 0 Å². The van der Waals surface area contributed by atoms with Crippen molar-refractivity contribution in [3.8, 4) is 0 Å². The van der Waals surface area contributed by atoms with Crippen molar-refractivity contribution in [2.24, 2.45) is 0 Å². The molecular weight excluding hydrogens is 322 g/mol. The lowest BCUT2D eigenvalue weighted by molar-refractivity contribution is 0.610. The Morgan fingerprint density at radius 3 is 2.20 bits per heavy atom. The van der Waals surface area contributed by atoms with Gasteiger partial charge in [0.25, 0.3) is 0 Å². The van der Waals surface area contributed by atoms with Crippen molar-refractivity contribution in [1.82, 2.24) is 9.97 Å². The monoisotopic (exact) mass is 340 g/mol. The van der Waals surface area contributed by atoms with E-state index in [2.05, 4.69) is 20.6 Å². The first kappa shape index (κ1) is 16.8. The summed E-state index contributed by atoms with van der Waals surface area (Å²) in [5, 5.41) is 6.14. The van der Waals surface area contributed by atoms with Gasteiger partial charge in [0.05, 0.1) is 0 Å². The van der Waals surface area contributed by atoms with Crippen LogP contribution in [-0.2, 0) is 13.0 Å². The van der Waals surface area contributed by atoms with Gasteiger partial charge in [0, 0.05) is 24.8 Å². The van der Waals surface area contributed by atoms with E-state index in [-0.39, 0.29) is 11.6 Å². The highest BCUT2D eigenvalue weighted by Gasteiger charge is 2.04. The highest BCUT2D eigenvalue weighted by molar-refractivity contribution is 5.40. The first-order valence-electron chi connectivity index (χ1n) is 8.00. The van der Waals surface area contributed by atoms with Crippen LogP contribution in [0.25, 0.3) is 0 Å². The van der Waals surface area contributed by atoms with Gasteiger partial charge in [0.1, 0.15) is 17.5 Å². The molecule has 0 aliphatic carbocycles. The number of aromatic nitrogens is 2. The number of nitrogens with zero attached hydrogens (tertiary/aromatic N) is 2. The van der Waals surface area contributed by atoms with E-state index in [0.29, 0.717) is 42.4 Å². The molecule has 0 aliphatic heterocycles. The van der Waals surface area contributed by atoms with Crippen LogP contribution in [0.15, 0.2) is 60.8 Å². The average Bonchev–Trinajstić information content (AvgIpc) is 2.63. The molecule has 1 heterocycles. The fourth-order valence-corrected chi connectivity index (χ4v) is 2.38. The molecule has 4 nitrogen and oxygen atoms in total. The SMILES string of the molecule is Fc1ccccc1CCNc1ccnc(NCc2ccccc2F)n1. The molecule has 0 aliphatic rings. The van der Waals surface area contributed by atoms with Crippen LogP contribution in [0.3, 0.4) is 0 Å². The number of rotatable bonds is 7. The Labute approximate surface area is 145 Å². The van der Waals surface area contributed by atoms with Gasteiger partial charge in [0.2, 0.25) is 5.95 Å². The molecule has 0 saturated carbocycles. The van der Waals surface area contributed by atoms with Gasteiger partial charge in [-0.1, -0.05) is 36.4 Å². The number of halogens is 2. The van der Waals surface area contributed by atoms with Crippen molar-refractivity contribution in [3.05, 3.63) is 83.6 Å². The highest BCUT2D eigenvalue weighted by Crippen LogP contribution is 2.11. The molecule has 0 fully saturated rings. The smallest absolute Gasteiger partial charge is 0.224 e. The summed E-state index contributed by atoms with van der Waals surface area (Å²) in [5.41, 5.74) is 1.20. The number of hydrogen-bond donors (Lipinski definition) is 2. The van der Waals surface area contributed by atoms with Crippen molar-refractivity contribution >= 4 is 11.8 Å². The van der Waals surface area contributed by atoms with E-state index in [1.54, 1.807) is 42.6 Å². The number of benzene rings is 2. The van der Waals surface area contributed by atoms with Crippen molar-refractivity contribution in [2.75, 3.05) is 17.2 Å².